The Hall–Kier alpha value is -1.35. The fourth-order valence-corrected chi connectivity index (χ4v) is 2.44. The lowest BCUT2D eigenvalue weighted by Gasteiger charge is -2.10. The maximum absolute atomic E-state index is 13.0. The molecule has 0 heterocycles. The first kappa shape index (κ1) is 13.1. The minimum Gasteiger partial charge on any atom is -0.202 e. The molecular weight excluding hydrogens is 250 g/mol. The Morgan fingerprint density at radius 2 is 1.56 bits per heavy atom. The van der Waals surface area contributed by atoms with E-state index in [0.717, 1.165) is 17.6 Å². The van der Waals surface area contributed by atoms with Crippen LogP contribution in [0, 0.1) is 0 Å². The topological polar surface area (TPSA) is 0 Å². The van der Waals surface area contributed by atoms with Gasteiger partial charge in [-0.2, -0.15) is 0 Å². The summed E-state index contributed by atoms with van der Waals surface area (Å²) in [4.78, 5) is 1.01. The number of benzene rings is 2. The van der Waals surface area contributed by atoms with Gasteiger partial charge in [0.15, 0.2) is 0 Å². The van der Waals surface area contributed by atoms with Crippen LogP contribution in [0.3, 0.4) is 0 Å². The largest absolute Gasteiger partial charge is 0.270 e. The quantitative estimate of drug-likeness (QED) is 0.693. The minimum absolute atomic E-state index is 0.0616. The first-order valence-corrected chi connectivity index (χ1v) is 6.69. The van der Waals surface area contributed by atoms with Crippen molar-refractivity contribution in [2.24, 2.45) is 0 Å². The van der Waals surface area contributed by atoms with E-state index in [2.05, 4.69) is 12.1 Å². The summed E-state index contributed by atoms with van der Waals surface area (Å²) in [5.41, 5.74) is 1.29. The van der Waals surface area contributed by atoms with Crippen LogP contribution in [0.4, 0.5) is 8.78 Å². The molecule has 0 aliphatic heterocycles. The Morgan fingerprint density at radius 1 is 0.944 bits per heavy atom. The van der Waals surface area contributed by atoms with Gasteiger partial charge >= 0.3 is 0 Å². The van der Waals surface area contributed by atoms with Gasteiger partial charge in [0.1, 0.15) is 0 Å². The number of hydrogen-bond acceptors (Lipinski definition) is 1. The summed E-state index contributed by atoms with van der Waals surface area (Å²) >= 11 is 1.65. The van der Waals surface area contributed by atoms with Gasteiger partial charge in [0.05, 0.1) is 0 Å². The van der Waals surface area contributed by atoms with Crippen LogP contribution in [-0.2, 0) is 11.7 Å². The van der Waals surface area contributed by atoms with Crippen LogP contribution in [0.25, 0.3) is 0 Å². The van der Waals surface area contributed by atoms with E-state index in [1.807, 2.05) is 18.2 Å². The highest BCUT2D eigenvalue weighted by Gasteiger charge is 2.23. The molecule has 2 aromatic rings. The highest BCUT2D eigenvalue weighted by molar-refractivity contribution is 7.98. The highest BCUT2D eigenvalue weighted by Crippen LogP contribution is 2.29. The van der Waals surface area contributed by atoms with E-state index >= 15 is 0 Å². The average molecular weight is 264 g/mol. The Kier molecular flexibility index (Phi) is 4.02. The van der Waals surface area contributed by atoms with Gasteiger partial charge in [-0.05, 0) is 17.7 Å². The molecule has 0 aromatic heterocycles. The van der Waals surface area contributed by atoms with Gasteiger partial charge in [-0.3, -0.25) is 0 Å². The predicted molar refractivity (Wildman–Crippen MR) is 72.0 cm³/mol. The van der Waals surface area contributed by atoms with E-state index in [0.29, 0.717) is 0 Å². The maximum Gasteiger partial charge on any atom is 0.270 e. The second kappa shape index (κ2) is 5.53. The van der Waals surface area contributed by atoms with Crippen molar-refractivity contribution in [1.29, 1.82) is 0 Å². The van der Waals surface area contributed by atoms with Gasteiger partial charge in [-0.15, -0.1) is 11.8 Å². The second-order valence-corrected chi connectivity index (χ2v) is 5.24. The molecule has 0 saturated carbocycles. The fraction of sp³-hybridized carbons (Fsp3) is 0.200. The van der Waals surface area contributed by atoms with Gasteiger partial charge in [-0.25, -0.2) is 8.78 Å². The fourth-order valence-electron chi connectivity index (χ4n) is 1.58. The van der Waals surface area contributed by atoms with Crippen LogP contribution in [0.2, 0.25) is 0 Å². The summed E-state index contributed by atoms with van der Waals surface area (Å²) in [6.07, 6.45) is 0. The summed E-state index contributed by atoms with van der Waals surface area (Å²) < 4.78 is 26.1. The van der Waals surface area contributed by atoms with Crippen molar-refractivity contribution in [3.8, 4) is 0 Å². The van der Waals surface area contributed by atoms with E-state index in [9.17, 15) is 8.78 Å². The minimum atomic E-state index is -2.76. The van der Waals surface area contributed by atoms with Crippen molar-refractivity contribution >= 4 is 11.8 Å². The molecular formula is C15H14F2S. The van der Waals surface area contributed by atoms with Gasteiger partial charge in [0, 0.05) is 23.1 Å². The molecule has 0 unspecified atom stereocenters. The van der Waals surface area contributed by atoms with Gasteiger partial charge in [0.25, 0.3) is 5.92 Å². The lowest BCUT2D eigenvalue weighted by molar-refractivity contribution is 0.0174. The lowest BCUT2D eigenvalue weighted by Crippen LogP contribution is -2.06. The number of alkyl halides is 2. The van der Waals surface area contributed by atoms with Gasteiger partial charge < -0.3 is 0 Å². The zero-order valence-electron chi connectivity index (χ0n) is 10.1. The summed E-state index contributed by atoms with van der Waals surface area (Å²) in [5, 5.41) is 0. The highest BCUT2D eigenvalue weighted by atomic mass is 32.2. The third-order valence-corrected chi connectivity index (χ3v) is 3.69. The SMILES string of the molecule is CC(F)(F)c1ccc(SCc2ccccc2)cc1. The van der Waals surface area contributed by atoms with Crippen LogP contribution < -0.4 is 0 Å². The normalized spacial score (nSPS) is 11.5. The molecule has 0 bridgehead atoms. The molecule has 0 atom stereocenters. The number of rotatable bonds is 4. The summed E-state index contributed by atoms with van der Waals surface area (Å²) in [7, 11) is 0. The van der Waals surface area contributed by atoms with E-state index in [1.54, 1.807) is 23.9 Å². The van der Waals surface area contributed by atoms with Crippen molar-refractivity contribution in [2.75, 3.05) is 0 Å². The van der Waals surface area contributed by atoms with Crippen LogP contribution in [0.5, 0.6) is 0 Å². The molecule has 0 fully saturated rings. The average Bonchev–Trinajstić information content (AvgIpc) is 2.37. The molecule has 0 amide bonds. The van der Waals surface area contributed by atoms with Crippen LogP contribution in [0.1, 0.15) is 18.1 Å². The van der Waals surface area contributed by atoms with Gasteiger partial charge in [0.2, 0.25) is 0 Å². The maximum atomic E-state index is 13.0. The third kappa shape index (κ3) is 3.57. The Morgan fingerprint density at radius 3 is 2.11 bits per heavy atom. The standard InChI is InChI=1S/C15H14F2S/c1-15(16,17)13-7-9-14(10-8-13)18-11-12-5-3-2-4-6-12/h2-10H,11H2,1H3. The van der Waals surface area contributed by atoms with Crippen molar-refractivity contribution in [3.63, 3.8) is 0 Å². The molecule has 0 aliphatic rings. The van der Waals surface area contributed by atoms with E-state index in [-0.39, 0.29) is 5.56 Å². The number of hydrogen-bond donors (Lipinski definition) is 0. The van der Waals surface area contributed by atoms with Crippen molar-refractivity contribution in [3.05, 3.63) is 65.7 Å². The first-order chi connectivity index (χ1) is 8.55. The molecule has 0 nitrogen and oxygen atoms in total. The second-order valence-electron chi connectivity index (χ2n) is 4.19. The Bertz CT molecular complexity index is 486. The molecule has 2 rings (SSSR count). The zero-order valence-corrected chi connectivity index (χ0v) is 10.9. The molecule has 0 aliphatic carbocycles. The molecule has 0 spiro atoms. The zero-order chi connectivity index (χ0) is 13.0. The van der Waals surface area contributed by atoms with E-state index in [4.69, 9.17) is 0 Å². The van der Waals surface area contributed by atoms with Crippen LogP contribution >= 0.6 is 11.8 Å². The lowest BCUT2D eigenvalue weighted by atomic mass is 10.1. The predicted octanol–water partition coefficient (Wildman–Crippen LogP) is 5.09. The molecule has 0 N–H and O–H groups in total. The molecule has 0 saturated heterocycles. The third-order valence-electron chi connectivity index (χ3n) is 2.61. The van der Waals surface area contributed by atoms with Crippen molar-refractivity contribution < 1.29 is 8.78 Å². The summed E-state index contributed by atoms with van der Waals surface area (Å²) in [6, 6.07) is 16.6. The van der Waals surface area contributed by atoms with Crippen molar-refractivity contribution in [1.82, 2.24) is 0 Å². The van der Waals surface area contributed by atoms with Crippen LogP contribution in [-0.4, -0.2) is 0 Å². The molecule has 18 heavy (non-hydrogen) atoms. The molecule has 2 aromatic carbocycles. The molecule has 0 radical (unpaired) electrons. The number of thioether (sulfide) groups is 1. The van der Waals surface area contributed by atoms with Gasteiger partial charge in [-0.1, -0.05) is 42.5 Å². The number of halogens is 2. The van der Waals surface area contributed by atoms with E-state index < -0.39 is 5.92 Å². The first-order valence-electron chi connectivity index (χ1n) is 5.71. The van der Waals surface area contributed by atoms with E-state index in [1.165, 1.54) is 17.7 Å². The van der Waals surface area contributed by atoms with Crippen LogP contribution in [0.15, 0.2) is 59.5 Å². The smallest absolute Gasteiger partial charge is 0.202 e. The summed E-state index contributed by atoms with van der Waals surface area (Å²) in [5.74, 6) is -1.91. The Balaban J connectivity index is 1.99. The molecule has 3 heteroatoms. The summed E-state index contributed by atoms with van der Waals surface area (Å²) in [6.45, 7) is 0.916. The molecule has 94 valence electrons. The van der Waals surface area contributed by atoms with Crippen molar-refractivity contribution in [2.45, 2.75) is 23.5 Å². The monoisotopic (exact) mass is 264 g/mol. The Labute approximate surface area is 110 Å².